The molecule has 0 unspecified atom stereocenters. The van der Waals surface area contributed by atoms with Gasteiger partial charge in [0, 0.05) is 42.8 Å². The average molecular weight is 447 g/mol. The monoisotopic (exact) mass is 446 g/mol. The van der Waals surface area contributed by atoms with Crippen LogP contribution in [0.2, 0.25) is 0 Å². The molecule has 0 atom stereocenters. The van der Waals surface area contributed by atoms with Crippen LogP contribution >= 0.6 is 0 Å². The Hall–Kier alpha value is -3.78. The highest BCUT2D eigenvalue weighted by molar-refractivity contribution is 6.48. The molecule has 1 aliphatic heterocycles. The number of morpholine rings is 1. The van der Waals surface area contributed by atoms with Crippen LogP contribution in [0.4, 0.5) is 17.1 Å². The molecule has 2 aromatic carbocycles. The number of hydrogen-bond donors (Lipinski definition) is 3. The first-order valence-electron chi connectivity index (χ1n) is 10.9. The fourth-order valence-electron chi connectivity index (χ4n) is 3.39. The van der Waals surface area contributed by atoms with Crippen molar-refractivity contribution in [2.45, 2.75) is 13.3 Å². The van der Waals surface area contributed by atoms with Crippen molar-refractivity contribution in [2.24, 2.45) is 9.98 Å². The van der Waals surface area contributed by atoms with Crippen molar-refractivity contribution in [3.05, 3.63) is 66.7 Å². The van der Waals surface area contributed by atoms with Gasteiger partial charge in [0.05, 0.1) is 24.6 Å². The number of amides is 1. The van der Waals surface area contributed by atoms with Gasteiger partial charge in [-0.3, -0.25) is 15.2 Å². The molecular formula is C25H30N6O2. The predicted octanol–water partition coefficient (Wildman–Crippen LogP) is 3.96. The Morgan fingerprint density at radius 1 is 1.15 bits per heavy atom. The molecule has 1 saturated heterocycles. The second kappa shape index (κ2) is 11.7. The van der Waals surface area contributed by atoms with Gasteiger partial charge in [0.2, 0.25) is 11.9 Å². The van der Waals surface area contributed by atoms with Crippen molar-refractivity contribution >= 4 is 40.4 Å². The lowest BCUT2D eigenvalue weighted by atomic mass is 10.0. The van der Waals surface area contributed by atoms with Crippen LogP contribution in [0.5, 0.6) is 0 Å². The summed E-state index contributed by atoms with van der Waals surface area (Å²) in [4.78, 5) is 22.7. The van der Waals surface area contributed by atoms with E-state index in [1.807, 2.05) is 25.1 Å². The van der Waals surface area contributed by atoms with Gasteiger partial charge < -0.3 is 20.3 Å². The number of carbonyl (C=O) groups excluding carboxylic acids is 1. The zero-order valence-electron chi connectivity index (χ0n) is 19.1. The molecule has 1 fully saturated rings. The molecule has 0 bridgehead atoms. The quantitative estimate of drug-likeness (QED) is 0.340. The van der Waals surface area contributed by atoms with Gasteiger partial charge in [0.1, 0.15) is 0 Å². The third-order valence-corrected chi connectivity index (χ3v) is 5.18. The Morgan fingerprint density at radius 2 is 1.88 bits per heavy atom. The summed E-state index contributed by atoms with van der Waals surface area (Å²) in [6, 6.07) is 15.2. The molecule has 0 spiro atoms. The topological polar surface area (TPSA) is 102 Å². The highest BCUT2D eigenvalue weighted by Gasteiger charge is 2.13. The van der Waals surface area contributed by atoms with Crippen molar-refractivity contribution < 1.29 is 9.53 Å². The molecule has 8 heteroatoms. The summed E-state index contributed by atoms with van der Waals surface area (Å²) >= 11 is 0. The number of rotatable bonds is 7. The Kier molecular flexibility index (Phi) is 8.49. The number of anilines is 3. The maximum atomic E-state index is 11.6. The Labute approximate surface area is 194 Å². The van der Waals surface area contributed by atoms with Gasteiger partial charge in [-0.1, -0.05) is 25.6 Å². The molecule has 1 heterocycles. The molecule has 2 aromatic rings. The Bertz CT molecular complexity index is 1050. The van der Waals surface area contributed by atoms with Crippen LogP contribution in [0.3, 0.4) is 0 Å². The van der Waals surface area contributed by atoms with Crippen LogP contribution in [-0.4, -0.2) is 56.6 Å². The fourth-order valence-corrected chi connectivity index (χ4v) is 3.39. The SMILES string of the molecule is C=CC(=O)Nc1cccc(C(=N)C(CC)=NC(=NC)Nc2ccc(N3CCOCC3)cc2)c1. The minimum absolute atomic E-state index is 0.276. The van der Waals surface area contributed by atoms with E-state index >= 15 is 0 Å². The summed E-state index contributed by atoms with van der Waals surface area (Å²) in [6.45, 7) is 8.67. The summed E-state index contributed by atoms with van der Waals surface area (Å²) < 4.78 is 5.42. The molecule has 33 heavy (non-hydrogen) atoms. The number of carbonyl (C=O) groups is 1. The first-order valence-corrected chi connectivity index (χ1v) is 10.9. The molecule has 1 amide bonds. The fraction of sp³-hybridized carbons (Fsp3) is 0.280. The van der Waals surface area contributed by atoms with Crippen LogP contribution in [0, 0.1) is 5.41 Å². The average Bonchev–Trinajstić information content (AvgIpc) is 2.87. The number of aliphatic imine (C=N–C) groups is 2. The van der Waals surface area contributed by atoms with Crippen molar-refractivity contribution in [3.63, 3.8) is 0 Å². The van der Waals surface area contributed by atoms with E-state index in [0.717, 1.165) is 37.7 Å². The second-order valence-corrected chi connectivity index (χ2v) is 7.38. The van der Waals surface area contributed by atoms with Gasteiger partial charge in [-0.2, -0.15) is 0 Å². The number of ether oxygens (including phenoxy) is 1. The third-order valence-electron chi connectivity index (χ3n) is 5.18. The minimum Gasteiger partial charge on any atom is -0.378 e. The summed E-state index contributed by atoms with van der Waals surface area (Å²) in [5.41, 5.74) is 4.13. The van der Waals surface area contributed by atoms with Crippen LogP contribution in [0.15, 0.2) is 71.2 Å². The lowest BCUT2D eigenvalue weighted by molar-refractivity contribution is -0.111. The zero-order chi connectivity index (χ0) is 23.6. The lowest BCUT2D eigenvalue weighted by Crippen LogP contribution is -2.36. The van der Waals surface area contributed by atoms with Gasteiger partial charge in [-0.15, -0.1) is 0 Å². The van der Waals surface area contributed by atoms with E-state index in [2.05, 4.69) is 44.2 Å². The Balaban J connectivity index is 1.72. The number of nitrogens with zero attached hydrogens (tertiary/aromatic N) is 3. The standard InChI is InChI=1S/C25H30N6O2/c1-4-22(24(26)18-7-6-8-20(17-18)28-23(32)5-2)30-25(27-3)29-19-9-11-21(12-10-19)31-13-15-33-16-14-31/h5-12,17,26H,2,4,13-16H2,1,3H3,(H,27,29)(H,28,32). The molecule has 1 aliphatic rings. The van der Waals surface area contributed by atoms with Crippen molar-refractivity contribution in [1.29, 1.82) is 5.41 Å². The molecule has 0 aliphatic carbocycles. The highest BCUT2D eigenvalue weighted by Crippen LogP contribution is 2.19. The second-order valence-electron chi connectivity index (χ2n) is 7.38. The lowest BCUT2D eigenvalue weighted by Gasteiger charge is -2.28. The number of guanidine groups is 1. The van der Waals surface area contributed by atoms with E-state index in [1.165, 1.54) is 6.08 Å². The molecule has 3 rings (SSSR count). The van der Waals surface area contributed by atoms with Crippen molar-refractivity contribution in [1.82, 2.24) is 0 Å². The summed E-state index contributed by atoms with van der Waals surface area (Å²) in [5.74, 6) is 0.124. The van der Waals surface area contributed by atoms with Gasteiger partial charge in [0.15, 0.2) is 0 Å². The molecule has 172 valence electrons. The van der Waals surface area contributed by atoms with E-state index in [4.69, 9.17) is 10.1 Å². The van der Waals surface area contributed by atoms with E-state index in [1.54, 1.807) is 25.2 Å². The maximum absolute atomic E-state index is 11.6. The maximum Gasteiger partial charge on any atom is 0.247 e. The molecule has 0 radical (unpaired) electrons. The number of benzene rings is 2. The molecule has 3 N–H and O–H groups in total. The van der Waals surface area contributed by atoms with Crippen LogP contribution in [0.1, 0.15) is 18.9 Å². The molecule has 0 aromatic heterocycles. The van der Waals surface area contributed by atoms with Gasteiger partial charge in [0.25, 0.3) is 0 Å². The van der Waals surface area contributed by atoms with Crippen LogP contribution < -0.4 is 15.5 Å². The predicted molar refractivity (Wildman–Crippen MR) is 136 cm³/mol. The van der Waals surface area contributed by atoms with Crippen LogP contribution in [-0.2, 0) is 9.53 Å². The third kappa shape index (κ3) is 6.60. The van der Waals surface area contributed by atoms with E-state index in [0.29, 0.717) is 29.3 Å². The number of hydrogen-bond acceptors (Lipinski definition) is 5. The van der Waals surface area contributed by atoms with Crippen molar-refractivity contribution in [3.8, 4) is 0 Å². The van der Waals surface area contributed by atoms with Gasteiger partial charge in [-0.05, 0) is 48.9 Å². The van der Waals surface area contributed by atoms with E-state index < -0.39 is 0 Å². The van der Waals surface area contributed by atoms with E-state index in [9.17, 15) is 4.79 Å². The van der Waals surface area contributed by atoms with Gasteiger partial charge >= 0.3 is 0 Å². The first kappa shape index (κ1) is 23.9. The first-order chi connectivity index (χ1) is 16.0. The molecular weight excluding hydrogens is 416 g/mol. The summed E-state index contributed by atoms with van der Waals surface area (Å²) in [7, 11) is 1.66. The summed E-state index contributed by atoms with van der Waals surface area (Å²) in [5, 5.41) is 14.6. The molecule has 0 saturated carbocycles. The van der Waals surface area contributed by atoms with E-state index in [-0.39, 0.29) is 11.6 Å². The number of nitrogens with one attached hydrogen (secondary N) is 3. The largest absolute Gasteiger partial charge is 0.378 e. The zero-order valence-corrected chi connectivity index (χ0v) is 19.1. The van der Waals surface area contributed by atoms with Gasteiger partial charge in [-0.25, -0.2) is 4.99 Å². The summed E-state index contributed by atoms with van der Waals surface area (Å²) in [6.07, 6.45) is 1.76. The highest BCUT2D eigenvalue weighted by atomic mass is 16.5. The normalized spacial score (nSPS) is 14.5. The Morgan fingerprint density at radius 3 is 2.52 bits per heavy atom. The minimum atomic E-state index is -0.299. The van der Waals surface area contributed by atoms with Crippen LogP contribution in [0.25, 0.3) is 0 Å². The van der Waals surface area contributed by atoms with Crippen molar-refractivity contribution in [2.75, 3.05) is 48.9 Å². The smallest absolute Gasteiger partial charge is 0.247 e. The molecule has 8 nitrogen and oxygen atoms in total.